The van der Waals surface area contributed by atoms with Crippen LogP contribution >= 0.6 is 0 Å². The molecule has 1 fully saturated rings. The van der Waals surface area contributed by atoms with Crippen molar-refractivity contribution >= 4 is 11.6 Å². The van der Waals surface area contributed by atoms with Gasteiger partial charge in [0, 0.05) is 19.0 Å². The first-order valence-electron chi connectivity index (χ1n) is 6.96. The van der Waals surface area contributed by atoms with E-state index in [0.29, 0.717) is 18.2 Å². The lowest BCUT2D eigenvalue weighted by atomic mass is 10.0. The van der Waals surface area contributed by atoms with E-state index in [1.807, 2.05) is 0 Å². The summed E-state index contributed by atoms with van der Waals surface area (Å²) in [6, 6.07) is 1.76. The Morgan fingerprint density at radius 2 is 2.00 bits per heavy atom. The summed E-state index contributed by atoms with van der Waals surface area (Å²) < 4.78 is 0. The molecule has 1 aliphatic rings. The topological polar surface area (TPSA) is 96.1 Å². The van der Waals surface area contributed by atoms with Crippen molar-refractivity contribution in [2.24, 2.45) is 5.84 Å². The fraction of sp³-hybridized carbons (Fsp3) is 0.692. The van der Waals surface area contributed by atoms with Crippen LogP contribution in [-0.4, -0.2) is 27.2 Å². The van der Waals surface area contributed by atoms with Crippen molar-refractivity contribution in [3.63, 3.8) is 0 Å². The third-order valence-corrected chi connectivity index (χ3v) is 3.53. The van der Waals surface area contributed by atoms with Gasteiger partial charge in [-0.1, -0.05) is 19.8 Å². The van der Waals surface area contributed by atoms with Gasteiger partial charge in [-0.3, -0.25) is 0 Å². The Morgan fingerprint density at radius 3 is 2.63 bits per heavy atom. The molecule has 0 amide bonds. The van der Waals surface area contributed by atoms with Crippen LogP contribution in [0.1, 0.15) is 44.9 Å². The minimum absolute atomic E-state index is 0.527. The van der Waals surface area contributed by atoms with E-state index in [1.54, 1.807) is 6.07 Å². The van der Waals surface area contributed by atoms with Crippen molar-refractivity contribution in [1.29, 1.82) is 0 Å². The molecule has 0 saturated heterocycles. The van der Waals surface area contributed by atoms with Gasteiger partial charge in [0.1, 0.15) is 17.5 Å². The van der Waals surface area contributed by atoms with Crippen LogP contribution in [0.2, 0.25) is 0 Å². The lowest BCUT2D eigenvalue weighted by Crippen LogP contribution is -2.33. The molecule has 6 heteroatoms. The summed E-state index contributed by atoms with van der Waals surface area (Å²) in [4.78, 5) is 8.72. The summed E-state index contributed by atoms with van der Waals surface area (Å²) in [5.41, 5.74) is 1.96. The largest absolute Gasteiger partial charge is 0.388 e. The normalized spacial score (nSPS) is 17.4. The second kappa shape index (κ2) is 6.16. The number of nitrogens with zero attached hydrogens (tertiary/aromatic N) is 2. The molecule has 0 aromatic carbocycles. The van der Waals surface area contributed by atoms with Gasteiger partial charge in [-0.25, -0.2) is 15.8 Å². The molecule has 1 aliphatic carbocycles. The van der Waals surface area contributed by atoms with Gasteiger partial charge >= 0.3 is 0 Å². The summed E-state index contributed by atoms with van der Waals surface area (Å²) in [7, 11) is 0. The zero-order chi connectivity index (χ0) is 13.7. The number of aryl methyl sites for hydroxylation is 1. The van der Waals surface area contributed by atoms with Crippen LogP contribution in [0.15, 0.2) is 6.07 Å². The average Bonchev–Trinajstić information content (AvgIpc) is 2.84. The van der Waals surface area contributed by atoms with Gasteiger partial charge in [-0.05, 0) is 19.3 Å². The van der Waals surface area contributed by atoms with Crippen molar-refractivity contribution in [3.8, 4) is 0 Å². The predicted octanol–water partition coefficient (Wildman–Crippen LogP) is 1.43. The number of hydrogen-bond donors (Lipinski definition) is 4. The second-order valence-corrected chi connectivity index (χ2v) is 5.23. The van der Waals surface area contributed by atoms with Crippen LogP contribution < -0.4 is 16.6 Å². The van der Waals surface area contributed by atoms with Gasteiger partial charge in [0.2, 0.25) is 0 Å². The molecule has 2 rings (SSSR count). The molecule has 1 saturated carbocycles. The number of anilines is 2. The van der Waals surface area contributed by atoms with Crippen molar-refractivity contribution in [1.82, 2.24) is 9.97 Å². The highest BCUT2D eigenvalue weighted by Crippen LogP contribution is 2.29. The van der Waals surface area contributed by atoms with E-state index in [1.165, 1.54) is 0 Å². The van der Waals surface area contributed by atoms with Crippen molar-refractivity contribution in [2.75, 3.05) is 17.3 Å². The first kappa shape index (κ1) is 14.0. The first-order chi connectivity index (χ1) is 9.15. The Labute approximate surface area is 113 Å². The molecular weight excluding hydrogens is 242 g/mol. The summed E-state index contributed by atoms with van der Waals surface area (Å²) in [6.45, 7) is 2.61. The molecule has 0 aliphatic heterocycles. The van der Waals surface area contributed by atoms with Crippen LogP contribution in [0.4, 0.5) is 11.6 Å². The number of aliphatic hydroxyl groups is 1. The fourth-order valence-electron chi connectivity index (χ4n) is 2.46. The number of rotatable bonds is 6. The van der Waals surface area contributed by atoms with E-state index in [2.05, 4.69) is 27.6 Å². The first-order valence-corrected chi connectivity index (χ1v) is 6.96. The Hall–Kier alpha value is -1.40. The van der Waals surface area contributed by atoms with Gasteiger partial charge in [-0.15, -0.1) is 0 Å². The van der Waals surface area contributed by atoms with Crippen molar-refractivity contribution < 1.29 is 5.11 Å². The van der Waals surface area contributed by atoms with Crippen molar-refractivity contribution in [2.45, 2.75) is 51.0 Å². The van der Waals surface area contributed by atoms with Crippen LogP contribution in [0.25, 0.3) is 0 Å². The number of aromatic nitrogens is 2. The van der Waals surface area contributed by atoms with E-state index >= 15 is 0 Å². The summed E-state index contributed by atoms with van der Waals surface area (Å²) >= 11 is 0. The standard InChI is InChI=1S/C13H23N5O/c1-2-5-10-16-11(8-12(17-10)18-14)15-9-13(19)6-3-4-7-13/h8,19H,2-7,9,14H2,1H3,(H2,15,16,17,18). The molecule has 1 aromatic rings. The van der Waals surface area contributed by atoms with Crippen molar-refractivity contribution in [3.05, 3.63) is 11.9 Å². The van der Waals surface area contributed by atoms with Crippen LogP contribution in [0, 0.1) is 0 Å². The molecule has 5 N–H and O–H groups in total. The van der Waals surface area contributed by atoms with Gasteiger partial charge in [0.05, 0.1) is 5.60 Å². The van der Waals surface area contributed by atoms with E-state index < -0.39 is 5.60 Å². The highest BCUT2D eigenvalue weighted by molar-refractivity contribution is 5.47. The Morgan fingerprint density at radius 1 is 1.32 bits per heavy atom. The maximum absolute atomic E-state index is 10.3. The Bertz CT molecular complexity index is 417. The lowest BCUT2D eigenvalue weighted by molar-refractivity contribution is 0.0614. The highest BCUT2D eigenvalue weighted by atomic mass is 16.3. The zero-order valence-electron chi connectivity index (χ0n) is 11.4. The van der Waals surface area contributed by atoms with Gasteiger partial charge < -0.3 is 15.8 Å². The Kier molecular flexibility index (Phi) is 4.55. The van der Waals surface area contributed by atoms with E-state index in [0.717, 1.165) is 44.3 Å². The molecule has 0 radical (unpaired) electrons. The quantitative estimate of drug-likeness (QED) is 0.459. The van der Waals surface area contributed by atoms with E-state index in [4.69, 9.17) is 5.84 Å². The summed E-state index contributed by atoms with van der Waals surface area (Å²) in [6.07, 6.45) is 5.70. The van der Waals surface area contributed by atoms with Crippen LogP contribution in [0.3, 0.4) is 0 Å². The average molecular weight is 265 g/mol. The fourth-order valence-corrected chi connectivity index (χ4v) is 2.46. The maximum Gasteiger partial charge on any atom is 0.145 e. The second-order valence-electron chi connectivity index (χ2n) is 5.23. The van der Waals surface area contributed by atoms with Gasteiger partial charge in [0.15, 0.2) is 0 Å². The van der Waals surface area contributed by atoms with Crippen LogP contribution in [0.5, 0.6) is 0 Å². The zero-order valence-corrected chi connectivity index (χ0v) is 11.4. The van der Waals surface area contributed by atoms with Gasteiger partial charge in [0.25, 0.3) is 0 Å². The number of nitrogens with two attached hydrogens (primary N) is 1. The number of nitrogens with one attached hydrogen (secondary N) is 2. The molecule has 1 aromatic heterocycles. The smallest absolute Gasteiger partial charge is 0.145 e. The van der Waals surface area contributed by atoms with Crippen LogP contribution in [-0.2, 0) is 6.42 Å². The third-order valence-electron chi connectivity index (χ3n) is 3.53. The minimum atomic E-state index is -0.591. The molecule has 6 nitrogen and oxygen atoms in total. The minimum Gasteiger partial charge on any atom is -0.388 e. The maximum atomic E-state index is 10.3. The lowest BCUT2D eigenvalue weighted by Gasteiger charge is -2.22. The number of hydrogen-bond acceptors (Lipinski definition) is 6. The monoisotopic (exact) mass is 265 g/mol. The summed E-state index contributed by atoms with van der Waals surface area (Å²) in [5, 5.41) is 13.5. The molecule has 19 heavy (non-hydrogen) atoms. The highest BCUT2D eigenvalue weighted by Gasteiger charge is 2.30. The third kappa shape index (κ3) is 3.78. The van der Waals surface area contributed by atoms with E-state index in [-0.39, 0.29) is 0 Å². The Balaban J connectivity index is 2.04. The molecule has 0 unspecified atom stereocenters. The van der Waals surface area contributed by atoms with E-state index in [9.17, 15) is 5.11 Å². The summed E-state index contributed by atoms with van der Waals surface area (Å²) in [5.74, 6) is 7.48. The molecule has 0 spiro atoms. The molecule has 106 valence electrons. The van der Waals surface area contributed by atoms with Gasteiger partial charge in [-0.2, -0.15) is 0 Å². The SMILES string of the molecule is CCCc1nc(NN)cc(NCC2(O)CCCC2)n1. The molecule has 0 atom stereocenters. The molecular formula is C13H23N5O. The molecule has 1 heterocycles. The number of hydrazine groups is 1. The molecule has 0 bridgehead atoms. The number of nitrogen functional groups attached to an aromatic ring is 1. The predicted molar refractivity (Wildman–Crippen MR) is 75.7 cm³/mol.